The number of amides is 1. The Morgan fingerprint density at radius 3 is 2.58 bits per heavy atom. The van der Waals surface area contributed by atoms with Crippen LogP contribution in [0.4, 0.5) is 10.1 Å². The molecule has 7 heteroatoms. The number of anilines is 1. The van der Waals surface area contributed by atoms with Gasteiger partial charge in [0.15, 0.2) is 5.82 Å². The summed E-state index contributed by atoms with van der Waals surface area (Å²) in [6.07, 6.45) is 0. The molecular formula is C19H19FN4O2. The molecule has 0 spiro atoms. The molecule has 0 saturated carbocycles. The van der Waals surface area contributed by atoms with E-state index in [2.05, 4.69) is 15.4 Å². The number of hydrogen-bond donors (Lipinski definition) is 1. The van der Waals surface area contributed by atoms with E-state index in [1.165, 1.54) is 19.2 Å². The first kappa shape index (κ1) is 17.6. The summed E-state index contributed by atoms with van der Waals surface area (Å²) in [5.41, 5.74) is 2.04. The molecule has 1 N–H and O–H groups in total. The van der Waals surface area contributed by atoms with Crippen molar-refractivity contribution in [3.63, 3.8) is 0 Å². The third-order valence-electron chi connectivity index (χ3n) is 3.76. The lowest BCUT2D eigenvalue weighted by molar-refractivity contribution is -0.118. The van der Waals surface area contributed by atoms with Gasteiger partial charge in [-0.15, -0.1) is 5.10 Å². The van der Waals surface area contributed by atoms with Crippen LogP contribution in [0.1, 0.15) is 13.8 Å². The summed E-state index contributed by atoms with van der Waals surface area (Å²) >= 11 is 0. The Kier molecular flexibility index (Phi) is 4.97. The summed E-state index contributed by atoms with van der Waals surface area (Å²) in [4.78, 5) is 16.3. The molecule has 3 rings (SSSR count). The van der Waals surface area contributed by atoms with Gasteiger partial charge in [0.05, 0.1) is 12.8 Å². The average molecular weight is 354 g/mol. The SMILES string of the molecule is COc1nc(-c2ccc(F)cc2)n(-c2cccc(NC(=O)C(C)C)c2)n1. The maximum absolute atomic E-state index is 13.2. The summed E-state index contributed by atoms with van der Waals surface area (Å²) in [5.74, 6) is -0.0173. The number of ether oxygens (including phenoxy) is 1. The minimum absolute atomic E-state index is 0.0721. The molecule has 134 valence electrons. The third-order valence-corrected chi connectivity index (χ3v) is 3.76. The van der Waals surface area contributed by atoms with E-state index in [0.717, 1.165) is 0 Å². The molecule has 1 heterocycles. The molecule has 0 aliphatic rings. The molecular weight excluding hydrogens is 335 g/mol. The fourth-order valence-corrected chi connectivity index (χ4v) is 2.35. The van der Waals surface area contributed by atoms with Crippen molar-refractivity contribution in [3.05, 3.63) is 54.3 Å². The van der Waals surface area contributed by atoms with Crippen LogP contribution >= 0.6 is 0 Å². The van der Waals surface area contributed by atoms with Crippen LogP contribution in [0.3, 0.4) is 0 Å². The monoisotopic (exact) mass is 354 g/mol. The van der Waals surface area contributed by atoms with E-state index in [1.54, 1.807) is 28.9 Å². The zero-order valence-corrected chi connectivity index (χ0v) is 14.7. The van der Waals surface area contributed by atoms with Gasteiger partial charge in [0.1, 0.15) is 5.82 Å². The van der Waals surface area contributed by atoms with E-state index < -0.39 is 0 Å². The van der Waals surface area contributed by atoms with Gasteiger partial charge in [-0.25, -0.2) is 9.07 Å². The van der Waals surface area contributed by atoms with Crippen LogP contribution in [0.15, 0.2) is 48.5 Å². The number of hydrogen-bond acceptors (Lipinski definition) is 4. The van der Waals surface area contributed by atoms with Crippen LogP contribution in [0, 0.1) is 11.7 Å². The lowest BCUT2D eigenvalue weighted by atomic mass is 10.2. The van der Waals surface area contributed by atoms with Crippen molar-refractivity contribution in [2.24, 2.45) is 5.92 Å². The van der Waals surface area contributed by atoms with Gasteiger partial charge >= 0.3 is 6.01 Å². The van der Waals surface area contributed by atoms with Gasteiger partial charge in [-0.2, -0.15) is 4.98 Å². The van der Waals surface area contributed by atoms with Crippen LogP contribution in [-0.4, -0.2) is 27.8 Å². The van der Waals surface area contributed by atoms with Gasteiger partial charge < -0.3 is 10.1 Å². The highest BCUT2D eigenvalue weighted by molar-refractivity contribution is 5.92. The Morgan fingerprint density at radius 2 is 1.92 bits per heavy atom. The van der Waals surface area contributed by atoms with Gasteiger partial charge in [-0.3, -0.25) is 4.79 Å². The third kappa shape index (κ3) is 3.72. The largest absolute Gasteiger partial charge is 0.466 e. The van der Waals surface area contributed by atoms with E-state index in [-0.39, 0.29) is 23.7 Å². The number of rotatable bonds is 5. The summed E-state index contributed by atoms with van der Waals surface area (Å²) in [5, 5.41) is 7.19. The molecule has 0 fully saturated rings. The molecule has 0 atom stereocenters. The first-order valence-corrected chi connectivity index (χ1v) is 8.16. The van der Waals surface area contributed by atoms with Crippen LogP contribution in [0.2, 0.25) is 0 Å². The van der Waals surface area contributed by atoms with Crippen LogP contribution in [0.25, 0.3) is 17.1 Å². The normalized spacial score (nSPS) is 10.8. The second-order valence-corrected chi connectivity index (χ2v) is 6.04. The zero-order valence-electron chi connectivity index (χ0n) is 14.7. The van der Waals surface area contributed by atoms with E-state index in [9.17, 15) is 9.18 Å². The minimum atomic E-state index is -0.329. The number of nitrogens with zero attached hydrogens (tertiary/aromatic N) is 3. The van der Waals surface area contributed by atoms with Crippen molar-refractivity contribution in [1.29, 1.82) is 0 Å². The maximum Gasteiger partial charge on any atom is 0.336 e. The van der Waals surface area contributed by atoms with E-state index in [1.807, 2.05) is 26.0 Å². The highest BCUT2D eigenvalue weighted by Crippen LogP contribution is 2.25. The molecule has 6 nitrogen and oxygen atoms in total. The number of carbonyl (C=O) groups is 1. The van der Waals surface area contributed by atoms with Crippen LogP contribution < -0.4 is 10.1 Å². The maximum atomic E-state index is 13.2. The van der Waals surface area contributed by atoms with Crippen molar-refractivity contribution in [2.45, 2.75) is 13.8 Å². The van der Waals surface area contributed by atoms with Crippen LogP contribution in [0.5, 0.6) is 6.01 Å². The Morgan fingerprint density at radius 1 is 1.19 bits per heavy atom. The zero-order chi connectivity index (χ0) is 18.7. The van der Waals surface area contributed by atoms with Gasteiger partial charge in [0.25, 0.3) is 0 Å². The first-order valence-electron chi connectivity index (χ1n) is 8.16. The molecule has 0 radical (unpaired) electrons. The molecule has 1 amide bonds. The van der Waals surface area contributed by atoms with Crippen molar-refractivity contribution in [3.8, 4) is 23.1 Å². The fourth-order valence-electron chi connectivity index (χ4n) is 2.35. The van der Waals surface area contributed by atoms with Gasteiger partial charge in [0.2, 0.25) is 5.91 Å². The lowest BCUT2D eigenvalue weighted by Crippen LogP contribution is -2.17. The summed E-state index contributed by atoms with van der Waals surface area (Å²) in [6.45, 7) is 3.65. The Bertz CT molecular complexity index is 920. The molecule has 0 aliphatic carbocycles. The molecule has 3 aromatic rings. The molecule has 2 aromatic carbocycles. The summed E-state index contributed by atoms with van der Waals surface area (Å²) in [6, 6.07) is 13.4. The van der Waals surface area contributed by atoms with Crippen molar-refractivity contribution in [1.82, 2.24) is 14.8 Å². The van der Waals surface area contributed by atoms with Crippen molar-refractivity contribution in [2.75, 3.05) is 12.4 Å². The predicted molar refractivity (Wildman–Crippen MR) is 96.8 cm³/mol. The number of nitrogens with one attached hydrogen (secondary N) is 1. The highest BCUT2D eigenvalue weighted by atomic mass is 19.1. The average Bonchev–Trinajstić information content (AvgIpc) is 3.07. The second-order valence-electron chi connectivity index (χ2n) is 6.04. The molecule has 26 heavy (non-hydrogen) atoms. The molecule has 0 aliphatic heterocycles. The number of benzene rings is 2. The van der Waals surface area contributed by atoms with E-state index in [4.69, 9.17) is 4.74 Å². The fraction of sp³-hybridized carbons (Fsp3) is 0.211. The minimum Gasteiger partial charge on any atom is -0.466 e. The summed E-state index contributed by atoms with van der Waals surface area (Å²) in [7, 11) is 1.48. The standard InChI is InChI=1S/C19H19FN4O2/c1-12(2)18(25)21-15-5-4-6-16(11-15)24-17(22-19(23-24)26-3)13-7-9-14(20)10-8-13/h4-12H,1-3H3,(H,21,25). The Hall–Kier alpha value is -3.22. The molecule has 0 bridgehead atoms. The van der Waals surface area contributed by atoms with Crippen molar-refractivity contribution < 1.29 is 13.9 Å². The number of carbonyl (C=O) groups excluding carboxylic acids is 1. The quantitative estimate of drug-likeness (QED) is 0.759. The molecule has 0 saturated heterocycles. The lowest BCUT2D eigenvalue weighted by Gasteiger charge is -2.10. The Labute approximate surface area is 150 Å². The van der Waals surface area contributed by atoms with Gasteiger partial charge in [0, 0.05) is 17.2 Å². The number of aromatic nitrogens is 3. The number of halogens is 1. The topological polar surface area (TPSA) is 69.0 Å². The van der Waals surface area contributed by atoms with E-state index in [0.29, 0.717) is 22.8 Å². The van der Waals surface area contributed by atoms with E-state index >= 15 is 0 Å². The van der Waals surface area contributed by atoms with Gasteiger partial charge in [-0.1, -0.05) is 19.9 Å². The molecule has 0 unspecified atom stereocenters. The van der Waals surface area contributed by atoms with Crippen LogP contribution in [-0.2, 0) is 4.79 Å². The highest BCUT2D eigenvalue weighted by Gasteiger charge is 2.15. The predicted octanol–water partition coefficient (Wildman–Crippen LogP) is 3.68. The number of methoxy groups -OCH3 is 1. The van der Waals surface area contributed by atoms with Crippen molar-refractivity contribution >= 4 is 11.6 Å². The smallest absolute Gasteiger partial charge is 0.336 e. The second kappa shape index (κ2) is 7.35. The van der Waals surface area contributed by atoms with Gasteiger partial charge in [-0.05, 0) is 42.5 Å². The summed E-state index contributed by atoms with van der Waals surface area (Å²) < 4.78 is 20.0. The molecule has 1 aromatic heterocycles. The first-order chi connectivity index (χ1) is 12.5. The Balaban J connectivity index is 2.02.